The second kappa shape index (κ2) is 6.55. The number of rotatable bonds is 2. The Hall–Kier alpha value is -0.780. The monoisotopic (exact) mass is 307 g/mol. The van der Waals surface area contributed by atoms with Crippen molar-refractivity contribution in [1.82, 2.24) is 4.90 Å². The zero-order valence-electron chi connectivity index (χ0n) is 12.4. The first-order chi connectivity index (χ1) is 9.79. The second-order valence-corrected chi connectivity index (χ2v) is 6.62. The van der Waals surface area contributed by atoms with Crippen LogP contribution in [0.3, 0.4) is 0 Å². The third kappa shape index (κ3) is 4.11. The van der Waals surface area contributed by atoms with Crippen molar-refractivity contribution >= 4 is 5.91 Å². The molecular formula is C15H24F3NO2. The van der Waals surface area contributed by atoms with Gasteiger partial charge in [0.1, 0.15) is 0 Å². The number of nitrogens with zero attached hydrogens (tertiary/aromatic N) is 1. The molecule has 122 valence electrons. The summed E-state index contributed by atoms with van der Waals surface area (Å²) in [5.41, 5.74) is 0. The van der Waals surface area contributed by atoms with Gasteiger partial charge in [0.25, 0.3) is 0 Å². The molecule has 21 heavy (non-hydrogen) atoms. The number of carbonyl (C=O) groups is 1. The zero-order chi connectivity index (χ0) is 15.6. The highest BCUT2D eigenvalue weighted by Gasteiger charge is 2.44. The van der Waals surface area contributed by atoms with Gasteiger partial charge < -0.3 is 10.0 Å². The summed E-state index contributed by atoms with van der Waals surface area (Å²) in [6.07, 6.45) is -2.36. The highest BCUT2D eigenvalue weighted by molar-refractivity contribution is 5.79. The van der Waals surface area contributed by atoms with E-state index in [2.05, 4.69) is 6.92 Å². The lowest BCUT2D eigenvalue weighted by atomic mass is 9.81. The van der Waals surface area contributed by atoms with Crippen LogP contribution in [0.2, 0.25) is 0 Å². The molecule has 1 aliphatic heterocycles. The number of hydrogen-bond donors (Lipinski definition) is 1. The van der Waals surface area contributed by atoms with E-state index in [1.807, 2.05) is 0 Å². The molecule has 0 bridgehead atoms. The first kappa shape index (κ1) is 16.6. The summed E-state index contributed by atoms with van der Waals surface area (Å²) in [5, 5.41) is 9.29. The second-order valence-electron chi connectivity index (χ2n) is 6.62. The number of halogens is 3. The van der Waals surface area contributed by atoms with Gasteiger partial charge in [-0.3, -0.25) is 4.79 Å². The van der Waals surface area contributed by atoms with E-state index < -0.39 is 18.2 Å². The smallest absolute Gasteiger partial charge is 0.383 e. The molecule has 2 rings (SSSR count). The summed E-state index contributed by atoms with van der Waals surface area (Å²) in [7, 11) is 0. The molecule has 1 aliphatic carbocycles. The molecule has 2 fully saturated rings. The molecule has 1 saturated carbocycles. The predicted octanol–water partition coefficient (Wildman–Crippen LogP) is 2.97. The number of hydrogen-bond acceptors (Lipinski definition) is 2. The molecule has 1 heterocycles. The van der Waals surface area contributed by atoms with Gasteiger partial charge >= 0.3 is 6.18 Å². The molecular weight excluding hydrogens is 283 g/mol. The Morgan fingerprint density at radius 2 is 1.81 bits per heavy atom. The van der Waals surface area contributed by atoms with Crippen LogP contribution in [0.25, 0.3) is 0 Å². The standard InChI is InChI=1S/C15H24F3NO2/c1-10-3-2-4-12(9-10)14(21)19-7-5-11(6-8-19)13(20)15(16,17)18/h10-13,20H,2-9H2,1H3. The predicted molar refractivity (Wildman–Crippen MR) is 72.5 cm³/mol. The third-order valence-electron chi connectivity index (χ3n) is 4.92. The van der Waals surface area contributed by atoms with Crippen LogP contribution in [-0.2, 0) is 4.79 Å². The third-order valence-corrected chi connectivity index (χ3v) is 4.92. The first-order valence-electron chi connectivity index (χ1n) is 7.82. The Labute approximate surface area is 123 Å². The lowest BCUT2D eigenvalue weighted by Gasteiger charge is -2.37. The van der Waals surface area contributed by atoms with E-state index in [4.69, 9.17) is 0 Å². The zero-order valence-corrected chi connectivity index (χ0v) is 12.4. The summed E-state index contributed by atoms with van der Waals surface area (Å²) in [6, 6.07) is 0. The maximum atomic E-state index is 12.5. The van der Waals surface area contributed by atoms with Crippen molar-refractivity contribution in [2.75, 3.05) is 13.1 Å². The molecule has 1 saturated heterocycles. The van der Waals surface area contributed by atoms with Crippen molar-refractivity contribution in [2.24, 2.45) is 17.8 Å². The normalized spacial score (nSPS) is 30.2. The topological polar surface area (TPSA) is 40.5 Å². The van der Waals surface area contributed by atoms with E-state index >= 15 is 0 Å². The average Bonchev–Trinajstić information content (AvgIpc) is 2.45. The minimum atomic E-state index is -4.56. The van der Waals surface area contributed by atoms with Crippen molar-refractivity contribution in [3.8, 4) is 0 Å². The number of aliphatic hydroxyl groups excluding tert-OH is 1. The van der Waals surface area contributed by atoms with Crippen LogP contribution in [0.1, 0.15) is 45.4 Å². The van der Waals surface area contributed by atoms with Crippen molar-refractivity contribution in [3.05, 3.63) is 0 Å². The fraction of sp³-hybridized carbons (Fsp3) is 0.933. The molecule has 1 amide bonds. The van der Waals surface area contributed by atoms with Gasteiger partial charge in [-0.25, -0.2) is 0 Å². The molecule has 3 nitrogen and oxygen atoms in total. The van der Waals surface area contributed by atoms with Gasteiger partial charge in [-0.1, -0.05) is 19.8 Å². The maximum absolute atomic E-state index is 12.5. The van der Waals surface area contributed by atoms with Gasteiger partial charge in [-0.2, -0.15) is 13.2 Å². The average molecular weight is 307 g/mol. The van der Waals surface area contributed by atoms with Gasteiger partial charge in [-0.15, -0.1) is 0 Å². The molecule has 1 N–H and O–H groups in total. The van der Waals surface area contributed by atoms with Crippen molar-refractivity contribution < 1.29 is 23.1 Å². The Kier molecular flexibility index (Phi) is 5.17. The van der Waals surface area contributed by atoms with E-state index in [1.54, 1.807) is 4.90 Å². The van der Waals surface area contributed by atoms with E-state index in [0.29, 0.717) is 19.0 Å². The summed E-state index contributed by atoms with van der Waals surface area (Å²) in [6.45, 7) is 2.81. The molecule has 2 aliphatic rings. The first-order valence-corrected chi connectivity index (χ1v) is 7.82. The number of carbonyl (C=O) groups excluding carboxylic acids is 1. The fourth-order valence-corrected chi connectivity index (χ4v) is 3.62. The number of aliphatic hydroxyl groups is 1. The van der Waals surface area contributed by atoms with Crippen molar-refractivity contribution in [1.29, 1.82) is 0 Å². The number of alkyl halides is 3. The Balaban J connectivity index is 1.84. The van der Waals surface area contributed by atoms with Crippen LogP contribution in [0, 0.1) is 17.8 Å². The molecule has 0 aromatic rings. The van der Waals surface area contributed by atoms with Crippen LogP contribution in [0.4, 0.5) is 13.2 Å². The highest BCUT2D eigenvalue weighted by atomic mass is 19.4. The lowest BCUT2D eigenvalue weighted by molar-refractivity contribution is -0.223. The molecule has 3 atom stereocenters. The molecule has 6 heteroatoms. The van der Waals surface area contributed by atoms with E-state index in [0.717, 1.165) is 25.7 Å². The largest absolute Gasteiger partial charge is 0.414 e. The van der Waals surface area contributed by atoms with Crippen LogP contribution >= 0.6 is 0 Å². The van der Waals surface area contributed by atoms with Crippen LogP contribution in [-0.4, -0.2) is 41.3 Å². The van der Waals surface area contributed by atoms with Gasteiger partial charge in [0, 0.05) is 19.0 Å². The fourth-order valence-electron chi connectivity index (χ4n) is 3.62. The summed E-state index contributed by atoms with van der Waals surface area (Å²) < 4.78 is 37.5. The molecule has 0 aromatic carbocycles. The van der Waals surface area contributed by atoms with E-state index in [-0.39, 0.29) is 24.7 Å². The number of amides is 1. The highest BCUT2D eigenvalue weighted by Crippen LogP contribution is 2.34. The Bertz CT molecular complexity index is 364. The maximum Gasteiger partial charge on any atom is 0.414 e. The minimum Gasteiger partial charge on any atom is -0.383 e. The van der Waals surface area contributed by atoms with Gasteiger partial charge in [-0.05, 0) is 37.5 Å². The minimum absolute atomic E-state index is 0.0397. The van der Waals surface area contributed by atoms with Gasteiger partial charge in [0.05, 0.1) is 0 Å². The van der Waals surface area contributed by atoms with Crippen LogP contribution in [0.15, 0.2) is 0 Å². The number of piperidine rings is 1. The van der Waals surface area contributed by atoms with Gasteiger partial charge in [0.2, 0.25) is 5.91 Å². The molecule has 0 spiro atoms. The Morgan fingerprint density at radius 1 is 1.19 bits per heavy atom. The van der Waals surface area contributed by atoms with Crippen molar-refractivity contribution in [2.45, 2.75) is 57.7 Å². The summed E-state index contributed by atoms with van der Waals surface area (Å²) in [5.74, 6) is -0.0871. The van der Waals surface area contributed by atoms with Crippen LogP contribution in [0.5, 0.6) is 0 Å². The molecule has 0 aromatic heterocycles. The van der Waals surface area contributed by atoms with E-state index in [9.17, 15) is 23.1 Å². The van der Waals surface area contributed by atoms with Crippen molar-refractivity contribution in [3.63, 3.8) is 0 Å². The quantitative estimate of drug-likeness (QED) is 0.852. The van der Waals surface area contributed by atoms with Gasteiger partial charge in [0.15, 0.2) is 6.10 Å². The molecule has 0 radical (unpaired) electrons. The Morgan fingerprint density at radius 3 is 2.33 bits per heavy atom. The SMILES string of the molecule is CC1CCCC(C(=O)N2CCC(C(O)C(F)(F)F)CC2)C1. The lowest BCUT2D eigenvalue weighted by Crippen LogP contribution is -2.47. The summed E-state index contributed by atoms with van der Waals surface area (Å²) in [4.78, 5) is 14.1. The van der Waals surface area contributed by atoms with E-state index in [1.165, 1.54) is 0 Å². The number of likely N-dealkylation sites (tertiary alicyclic amines) is 1. The summed E-state index contributed by atoms with van der Waals surface area (Å²) >= 11 is 0. The van der Waals surface area contributed by atoms with Crippen LogP contribution < -0.4 is 0 Å². The molecule has 3 unspecified atom stereocenters.